The Balaban J connectivity index is 1.38. The van der Waals surface area contributed by atoms with E-state index in [1.165, 1.54) is 40.8 Å². The fourth-order valence-corrected chi connectivity index (χ4v) is 3.71. The van der Waals surface area contributed by atoms with Crippen LogP contribution in [0.25, 0.3) is 0 Å². The molecule has 1 amide bonds. The van der Waals surface area contributed by atoms with Crippen LogP contribution in [0.15, 0.2) is 40.8 Å². The van der Waals surface area contributed by atoms with Gasteiger partial charge in [-0.15, -0.1) is 5.10 Å². The zero-order chi connectivity index (χ0) is 21.1. The van der Waals surface area contributed by atoms with Crippen LogP contribution in [0.4, 0.5) is 10.1 Å². The van der Waals surface area contributed by atoms with E-state index in [0.717, 1.165) is 24.2 Å². The monoisotopic (exact) mass is 427 g/mol. The third-order valence-electron chi connectivity index (χ3n) is 5.10. The Morgan fingerprint density at radius 1 is 1.23 bits per heavy atom. The van der Waals surface area contributed by atoms with E-state index in [9.17, 15) is 9.18 Å². The molecule has 4 rings (SSSR count). The van der Waals surface area contributed by atoms with E-state index in [1.807, 2.05) is 6.07 Å². The van der Waals surface area contributed by atoms with E-state index in [1.54, 1.807) is 13.0 Å². The maximum atomic E-state index is 13.4. The van der Waals surface area contributed by atoms with Gasteiger partial charge in [-0.05, 0) is 85.8 Å². The maximum Gasteiger partial charge on any atom is 0.287 e. The van der Waals surface area contributed by atoms with Crippen molar-refractivity contribution in [2.75, 3.05) is 5.32 Å². The minimum atomic E-state index is -0.421. The van der Waals surface area contributed by atoms with E-state index in [0.29, 0.717) is 5.69 Å². The van der Waals surface area contributed by atoms with E-state index < -0.39 is 5.82 Å². The molecule has 6 nitrogen and oxygen atoms in total. The molecule has 8 heteroatoms. The lowest BCUT2D eigenvalue weighted by molar-refractivity contribution is -0.117. The number of benzene rings is 2. The van der Waals surface area contributed by atoms with Crippen LogP contribution in [0.1, 0.15) is 35.4 Å². The molecule has 0 spiro atoms. The SMILES string of the molecule is Cc1ccc(F)cc1NC(=O)Cn1nc(COc2ccc3c(c2)CCCC3)oc1=S. The highest BCUT2D eigenvalue weighted by Crippen LogP contribution is 2.25. The van der Waals surface area contributed by atoms with Crippen LogP contribution in [0.5, 0.6) is 5.75 Å². The zero-order valence-corrected chi connectivity index (χ0v) is 17.4. The summed E-state index contributed by atoms with van der Waals surface area (Å²) >= 11 is 5.15. The Bertz CT molecular complexity index is 1140. The van der Waals surface area contributed by atoms with Crippen LogP contribution >= 0.6 is 12.2 Å². The smallest absolute Gasteiger partial charge is 0.287 e. The van der Waals surface area contributed by atoms with Crippen LogP contribution in [0.3, 0.4) is 0 Å². The summed E-state index contributed by atoms with van der Waals surface area (Å²) in [6.07, 6.45) is 4.62. The second-order valence-corrected chi connectivity index (χ2v) is 7.70. The molecule has 0 bridgehead atoms. The molecule has 1 aliphatic carbocycles. The average Bonchev–Trinajstić information content (AvgIpc) is 3.08. The van der Waals surface area contributed by atoms with Crippen molar-refractivity contribution in [3.05, 3.63) is 69.6 Å². The molecule has 0 saturated carbocycles. The predicted molar refractivity (Wildman–Crippen MR) is 113 cm³/mol. The van der Waals surface area contributed by atoms with Gasteiger partial charge in [-0.1, -0.05) is 12.1 Å². The third-order valence-corrected chi connectivity index (χ3v) is 5.39. The second-order valence-electron chi connectivity index (χ2n) is 7.35. The predicted octanol–water partition coefficient (Wildman–Crippen LogP) is 4.75. The summed E-state index contributed by atoms with van der Waals surface area (Å²) in [6.45, 7) is 1.75. The standard InChI is InChI=1S/C22H22FN3O3S/c1-14-6-8-17(23)11-19(14)24-20(27)12-26-22(30)29-21(25-26)13-28-18-9-7-15-4-2-3-5-16(15)10-18/h6-11H,2-5,12-13H2,1H3,(H,24,27). The van der Waals surface area contributed by atoms with Gasteiger partial charge in [-0.2, -0.15) is 0 Å². The number of hydrogen-bond donors (Lipinski definition) is 1. The van der Waals surface area contributed by atoms with Crippen molar-refractivity contribution in [2.24, 2.45) is 0 Å². The van der Waals surface area contributed by atoms with E-state index in [2.05, 4.69) is 22.5 Å². The largest absolute Gasteiger partial charge is 0.484 e. The van der Waals surface area contributed by atoms with Crippen molar-refractivity contribution in [2.45, 2.75) is 45.8 Å². The molecular weight excluding hydrogens is 405 g/mol. The fourth-order valence-electron chi connectivity index (χ4n) is 3.51. The number of anilines is 1. The lowest BCUT2D eigenvalue weighted by Crippen LogP contribution is -2.20. The molecule has 30 heavy (non-hydrogen) atoms. The van der Waals surface area contributed by atoms with Crippen LogP contribution in [0, 0.1) is 17.6 Å². The number of fused-ring (bicyclic) bond motifs is 1. The van der Waals surface area contributed by atoms with Crippen LogP contribution < -0.4 is 10.1 Å². The molecule has 156 valence electrons. The van der Waals surface area contributed by atoms with Gasteiger partial charge in [0.05, 0.1) is 0 Å². The van der Waals surface area contributed by atoms with E-state index in [4.69, 9.17) is 21.4 Å². The Labute approximate surface area is 178 Å². The minimum absolute atomic E-state index is 0.0742. The van der Waals surface area contributed by atoms with Crippen LogP contribution in [0.2, 0.25) is 0 Å². The highest BCUT2D eigenvalue weighted by molar-refractivity contribution is 7.71. The third kappa shape index (κ3) is 4.76. The first-order valence-electron chi connectivity index (χ1n) is 9.85. The first kappa shape index (κ1) is 20.3. The normalized spacial score (nSPS) is 13.0. The fraction of sp³-hybridized carbons (Fsp3) is 0.318. The quantitative estimate of drug-likeness (QED) is 0.575. The number of amides is 1. The number of ether oxygens (including phenoxy) is 1. The number of rotatable bonds is 6. The van der Waals surface area contributed by atoms with Crippen molar-refractivity contribution >= 4 is 23.8 Å². The topological polar surface area (TPSA) is 69.3 Å². The molecule has 0 unspecified atom stereocenters. The zero-order valence-electron chi connectivity index (χ0n) is 16.6. The summed E-state index contributed by atoms with van der Waals surface area (Å²) in [5.74, 6) is 0.240. The second kappa shape index (κ2) is 8.79. The van der Waals surface area contributed by atoms with Gasteiger partial charge in [0, 0.05) is 5.69 Å². The molecular formula is C22H22FN3O3S. The Morgan fingerprint density at radius 2 is 2.03 bits per heavy atom. The van der Waals surface area contributed by atoms with Gasteiger partial charge >= 0.3 is 0 Å². The summed E-state index contributed by atoms with van der Waals surface area (Å²) in [5, 5.41) is 6.88. The Kier molecular flexibility index (Phi) is 5.94. The van der Waals surface area contributed by atoms with E-state index >= 15 is 0 Å². The lowest BCUT2D eigenvalue weighted by atomic mass is 9.92. The van der Waals surface area contributed by atoms with Gasteiger partial charge in [0.25, 0.3) is 10.7 Å². The van der Waals surface area contributed by atoms with Crippen molar-refractivity contribution in [1.82, 2.24) is 9.78 Å². The van der Waals surface area contributed by atoms with Crippen LogP contribution in [-0.2, 0) is 30.8 Å². The molecule has 0 radical (unpaired) electrons. The molecule has 3 aromatic rings. The highest BCUT2D eigenvalue weighted by Gasteiger charge is 2.13. The number of nitrogens with one attached hydrogen (secondary N) is 1. The number of hydrogen-bond acceptors (Lipinski definition) is 5. The van der Waals surface area contributed by atoms with Crippen molar-refractivity contribution < 1.29 is 18.3 Å². The van der Waals surface area contributed by atoms with Gasteiger partial charge in [0.1, 0.15) is 18.1 Å². The van der Waals surface area contributed by atoms with Gasteiger partial charge in [-0.25, -0.2) is 9.07 Å². The van der Waals surface area contributed by atoms with Gasteiger partial charge < -0.3 is 14.5 Å². The van der Waals surface area contributed by atoms with Crippen molar-refractivity contribution in [3.8, 4) is 5.75 Å². The number of aromatic nitrogens is 2. The summed E-state index contributed by atoms with van der Waals surface area (Å²) in [6, 6.07) is 10.3. The number of carbonyl (C=O) groups is 1. The Morgan fingerprint density at radius 3 is 2.87 bits per heavy atom. The van der Waals surface area contributed by atoms with Crippen molar-refractivity contribution in [1.29, 1.82) is 0 Å². The molecule has 1 aromatic heterocycles. The molecule has 2 aromatic carbocycles. The molecule has 0 saturated heterocycles. The first-order valence-corrected chi connectivity index (χ1v) is 10.3. The lowest BCUT2D eigenvalue weighted by Gasteiger charge is -2.16. The maximum absolute atomic E-state index is 13.4. The van der Waals surface area contributed by atoms with E-state index in [-0.39, 0.29) is 29.8 Å². The summed E-state index contributed by atoms with van der Waals surface area (Å²) in [7, 11) is 0. The summed E-state index contributed by atoms with van der Waals surface area (Å²) in [4.78, 5) is 12.4. The van der Waals surface area contributed by atoms with Crippen LogP contribution in [-0.4, -0.2) is 15.7 Å². The summed E-state index contributed by atoms with van der Waals surface area (Å²) < 4.78 is 25.9. The van der Waals surface area contributed by atoms with Gasteiger partial charge in [-0.3, -0.25) is 4.79 Å². The average molecular weight is 428 g/mol. The van der Waals surface area contributed by atoms with Gasteiger partial charge in [0.2, 0.25) is 5.91 Å². The van der Waals surface area contributed by atoms with Gasteiger partial charge in [0.15, 0.2) is 6.61 Å². The molecule has 1 aliphatic rings. The van der Waals surface area contributed by atoms with Crippen molar-refractivity contribution in [3.63, 3.8) is 0 Å². The number of nitrogens with zero attached hydrogens (tertiary/aromatic N) is 2. The molecule has 0 aliphatic heterocycles. The highest BCUT2D eigenvalue weighted by atomic mass is 32.1. The number of carbonyl (C=O) groups excluding carboxylic acids is 1. The number of aryl methyl sites for hydroxylation is 3. The molecule has 0 fully saturated rings. The molecule has 0 atom stereocenters. The molecule has 1 N–H and O–H groups in total. The number of halogens is 1. The minimum Gasteiger partial charge on any atom is -0.484 e. The summed E-state index contributed by atoms with van der Waals surface area (Å²) in [5.41, 5.74) is 3.88. The molecule has 1 heterocycles. The first-order chi connectivity index (χ1) is 14.5. The Hall–Kier alpha value is -3.00.